The maximum atomic E-state index is 5.49. The second kappa shape index (κ2) is 5.29. The molecule has 0 amide bonds. The molecule has 8 heteroatoms. The zero-order valence-corrected chi connectivity index (χ0v) is 10.4. The number of aromatic nitrogens is 4. The first-order valence-electron chi connectivity index (χ1n) is 5.90. The Hall–Kier alpha value is -2.06. The van der Waals surface area contributed by atoms with Crippen LogP contribution in [0.4, 0.5) is 5.82 Å². The number of hydrogen-bond donors (Lipinski definition) is 1. The largest absolute Gasteiger partial charge is 0.376 e. The lowest BCUT2D eigenvalue weighted by molar-refractivity contribution is -0.101. The van der Waals surface area contributed by atoms with Crippen LogP contribution in [0.15, 0.2) is 16.9 Å². The van der Waals surface area contributed by atoms with E-state index in [1.807, 2.05) is 0 Å². The fraction of sp³-hybridized carbons (Fsp3) is 0.455. The van der Waals surface area contributed by atoms with Gasteiger partial charge in [-0.25, -0.2) is 9.97 Å². The Morgan fingerprint density at radius 2 is 2.26 bits per heavy atom. The number of anilines is 1. The highest BCUT2D eigenvalue weighted by atomic mass is 16.6. The molecule has 100 valence electrons. The van der Waals surface area contributed by atoms with Crippen LogP contribution >= 0.6 is 0 Å². The van der Waals surface area contributed by atoms with Crippen molar-refractivity contribution in [3.05, 3.63) is 18.3 Å². The van der Waals surface area contributed by atoms with Crippen LogP contribution in [0.25, 0.3) is 11.5 Å². The molecule has 8 nitrogen and oxygen atoms in total. The summed E-state index contributed by atoms with van der Waals surface area (Å²) in [6.45, 7) is 1.54. The molecule has 0 aliphatic carbocycles. The molecule has 1 aliphatic heterocycles. The third-order valence-corrected chi connectivity index (χ3v) is 2.69. The Morgan fingerprint density at radius 1 is 1.32 bits per heavy atom. The molecule has 0 bridgehead atoms. The normalized spacial score (nSPS) is 19.3. The molecule has 1 saturated heterocycles. The molecule has 1 atom stereocenters. The topological polar surface area (TPSA) is 95.2 Å². The lowest BCUT2D eigenvalue weighted by Crippen LogP contribution is -2.22. The molecule has 19 heavy (non-hydrogen) atoms. The highest BCUT2D eigenvalue weighted by Gasteiger charge is 2.23. The molecular weight excluding hydrogens is 250 g/mol. The van der Waals surface area contributed by atoms with Crippen molar-refractivity contribution >= 4 is 5.82 Å². The molecule has 0 aromatic carbocycles. The Balaban J connectivity index is 1.83. The van der Waals surface area contributed by atoms with Crippen LogP contribution in [0.2, 0.25) is 0 Å². The summed E-state index contributed by atoms with van der Waals surface area (Å²) in [7, 11) is 1.78. The molecule has 1 fully saturated rings. The lowest BCUT2D eigenvalue weighted by Gasteiger charge is -2.19. The Morgan fingerprint density at radius 3 is 3.05 bits per heavy atom. The zero-order chi connectivity index (χ0) is 13.1. The van der Waals surface area contributed by atoms with E-state index in [-0.39, 0.29) is 6.10 Å². The van der Waals surface area contributed by atoms with Gasteiger partial charge in [0.15, 0.2) is 6.10 Å². The van der Waals surface area contributed by atoms with Gasteiger partial charge in [-0.3, -0.25) is 0 Å². The second-order valence-electron chi connectivity index (χ2n) is 3.93. The van der Waals surface area contributed by atoms with E-state index in [2.05, 4.69) is 25.4 Å². The van der Waals surface area contributed by atoms with Gasteiger partial charge in [0.2, 0.25) is 5.82 Å². The second-order valence-corrected chi connectivity index (χ2v) is 3.93. The average Bonchev–Trinajstić information content (AvgIpc) is 2.98. The smallest absolute Gasteiger partial charge is 0.258 e. The molecule has 3 rings (SSSR count). The van der Waals surface area contributed by atoms with E-state index in [1.165, 1.54) is 6.33 Å². The predicted octanol–water partition coefficient (Wildman–Crippen LogP) is 0.656. The van der Waals surface area contributed by atoms with Gasteiger partial charge in [-0.2, -0.15) is 4.98 Å². The molecule has 1 aliphatic rings. The van der Waals surface area contributed by atoms with Gasteiger partial charge in [-0.05, 0) is 0 Å². The fourth-order valence-corrected chi connectivity index (χ4v) is 1.72. The van der Waals surface area contributed by atoms with Crippen molar-refractivity contribution in [1.29, 1.82) is 0 Å². The highest BCUT2D eigenvalue weighted by Crippen LogP contribution is 2.22. The summed E-state index contributed by atoms with van der Waals surface area (Å²) in [5.41, 5.74) is 0.589. The number of nitrogens with zero attached hydrogens (tertiary/aromatic N) is 4. The molecule has 0 spiro atoms. The Labute approximate surface area is 109 Å². The highest BCUT2D eigenvalue weighted by molar-refractivity contribution is 5.53. The number of hydrogen-bond acceptors (Lipinski definition) is 8. The lowest BCUT2D eigenvalue weighted by atomic mass is 10.3. The minimum Gasteiger partial charge on any atom is -0.376 e. The minimum absolute atomic E-state index is 0.305. The van der Waals surface area contributed by atoms with E-state index in [1.54, 1.807) is 13.1 Å². The van der Waals surface area contributed by atoms with Crippen LogP contribution in [0.3, 0.4) is 0 Å². The van der Waals surface area contributed by atoms with Crippen LogP contribution in [0.1, 0.15) is 12.0 Å². The molecule has 1 N–H and O–H groups in total. The van der Waals surface area contributed by atoms with Gasteiger partial charge < -0.3 is 19.3 Å². The molecule has 2 aromatic heterocycles. The quantitative estimate of drug-likeness (QED) is 0.862. The standard InChI is InChI=1S/C11H13N5O3/c1-12-9-4-7(13-6-14-9)10-15-11(19-16-10)8-5-17-2-3-18-8/h4,6,8H,2-3,5H2,1H3,(H,12,13,14). The molecule has 0 radical (unpaired) electrons. The predicted molar refractivity (Wildman–Crippen MR) is 64.4 cm³/mol. The van der Waals surface area contributed by atoms with E-state index in [0.717, 1.165) is 0 Å². The number of nitrogens with one attached hydrogen (secondary N) is 1. The first-order valence-corrected chi connectivity index (χ1v) is 5.90. The Bertz CT molecular complexity index is 553. The van der Waals surface area contributed by atoms with Crippen molar-refractivity contribution in [2.24, 2.45) is 0 Å². The first kappa shape index (κ1) is 12.0. The average molecular weight is 263 g/mol. The minimum atomic E-state index is -0.305. The molecule has 0 saturated carbocycles. The molecule has 2 aromatic rings. The van der Waals surface area contributed by atoms with Crippen molar-refractivity contribution in [2.45, 2.75) is 6.10 Å². The summed E-state index contributed by atoms with van der Waals surface area (Å²) in [6, 6.07) is 1.74. The van der Waals surface area contributed by atoms with Crippen molar-refractivity contribution < 1.29 is 14.0 Å². The Kier molecular flexibility index (Phi) is 3.34. The monoisotopic (exact) mass is 263 g/mol. The van der Waals surface area contributed by atoms with Crippen molar-refractivity contribution in [2.75, 3.05) is 32.2 Å². The molecular formula is C11H13N5O3. The van der Waals surface area contributed by atoms with E-state index in [0.29, 0.717) is 43.0 Å². The van der Waals surface area contributed by atoms with E-state index in [4.69, 9.17) is 14.0 Å². The van der Waals surface area contributed by atoms with Gasteiger partial charge in [0.25, 0.3) is 5.89 Å². The van der Waals surface area contributed by atoms with Gasteiger partial charge in [-0.1, -0.05) is 5.16 Å². The summed E-state index contributed by atoms with van der Waals surface area (Å²) in [4.78, 5) is 12.4. The van der Waals surface area contributed by atoms with Crippen LogP contribution in [-0.2, 0) is 9.47 Å². The summed E-state index contributed by atoms with van der Waals surface area (Å²) >= 11 is 0. The summed E-state index contributed by atoms with van der Waals surface area (Å²) in [5.74, 6) is 1.50. The van der Waals surface area contributed by atoms with Crippen LogP contribution in [-0.4, -0.2) is 47.0 Å². The van der Waals surface area contributed by atoms with Crippen LogP contribution < -0.4 is 5.32 Å². The summed E-state index contributed by atoms with van der Waals surface area (Å²) in [5, 5.41) is 6.82. The maximum Gasteiger partial charge on any atom is 0.258 e. The third kappa shape index (κ3) is 2.54. The summed E-state index contributed by atoms with van der Waals surface area (Å²) in [6.07, 6.45) is 1.14. The van der Waals surface area contributed by atoms with Crippen LogP contribution in [0.5, 0.6) is 0 Å². The third-order valence-electron chi connectivity index (χ3n) is 2.69. The fourth-order valence-electron chi connectivity index (χ4n) is 1.72. The molecule has 1 unspecified atom stereocenters. The van der Waals surface area contributed by atoms with E-state index in [9.17, 15) is 0 Å². The van der Waals surface area contributed by atoms with Gasteiger partial charge >= 0.3 is 0 Å². The SMILES string of the molecule is CNc1cc(-c2noc(C3COCCO3)n2)ncn1. The van der Waals surface area contributed by atoms with Gasteiger partial charge in [0.05, 0.1) is 19.8 Å². The van der Waals surface area contributed by atoms with Gasteiger partial charge in [0, 0.05) is 13.1 Å². The number of rotatable bonds is 3. The van der Waals surface area contributed by atoms with E-state index >= 15 is 0 Å². The van der Waals surface area contributed by atoms with E-state index < -0.39 is 0 Å². The first-order chi connectivity index (χ1) is 9.36. The maximum absolute atomic E-state index is 5.49. The zero-order valence-electron chi connectivity index (χ0n) is 10.4. The number of ether oxygens (including phenoxy) is 2. The van der Waals surface area contributed by atoms with Crippen molar-refractivity contribution in [1.82, 2.24) is 20.1 Å². The van der Waals surface area contributed by atoms with Crippen molar-refractivity contribution in [3.63, 3.8) is 0 Å². The van der Waals surface area contributed by atoms with Crippen molar-refractivity contribution in [3.8, 4) is 11.5 Å². The van der Waals surface area contributed by atoms with Gasteiger partial charge in [0.1, 0.15) is 17.8 Å². The van der Waals surface area contributed by atoms with Crippen LogP contribution in [0, 0.1) is 0 Å². The summed E-state index contributed by atoms with van der Waals surface area (Å²) < 4.78 is 16.0. The molecule has 3 heterocycles. The van der Waals surface area contributed by atoms with Gasteiger partial charge in [-0.15, -0.1) is 0 Å².